The number of hydrogen-bond acceptors (Lipinski definition) is 3. The van der Waals surface area contributed by atoms with Gasteiger partial charge in [0.05, 0.1) is 17.5 Å². The van der Waals surface area contributed by atoms with E-state index in [0.717, 1.165) is 33.2 Å². The summed E-state index contributed by atoms with van der Waals surface area (Å²) < 4.78 is 4.97. The molecule has 0 radical (unpaired) electrons. The first-order valence-electron chi connectivity index (χ1n) is 7.26. The number of hydrogen-bond donors (Lipinski definition) is 2. The first-order valence-corrected chi connectivity index (χ1v) is 7.26. The molecule has 0 saturated heterocycles. The molecule has 0 amide bonds. The van der Waals surface area contributed by atoms with Crippen LogP contribution in [0.4, 0.5) is 0 Å². The zero-order valence-electron chi connectivity index (χ0n) is 13.1. The second-order valence-corrected chi connectivity index (χ2v) is 5.49. The molecule has 2 aromatic heterocycles. The Morgan fingerprint density at radius 3 is 2.64 bits per heavy atom. The number of benzene rings is 1. The number of aryl methyl sites for hydroxylation is 3. The summed E-state index contributed by atoms with van der Waals surface area (Å²) in [4.78, 5) is 31.2. The predicted molar refractivity (Wildman–Crippen MR) is 86.6 cm³/mol. The van der Waals surface area contributed by atoms with Crippen molar-refractivity contribution in [1.82, 2.24) is 9.97 Å². The summed E-state index contributed by atoms with van der Waals surface area (Å²) in [5, 5.41) is 1.41. The molecule has 3 aromatic rings. The maximum absolute atomic E-state index is 12.8. The van der Waals surface area contributed by atoms with Crippen molar-refractivity contribution in [2.24, 2.45) is 0 Å². The largest absolute Gasteiger partial charge is 0.462 e. The molecule has 0 aliphatic carbocycles. The van der Waals surface area contributed by atoms with Crippen molar-refractivity contribution in [2.75, 3.05) is 6.61 Å². The smallest absolute Gasteiger partial charge is 0.343 e. The molecule has 0 saturated carbocycles. The average molecular weight is 298 g/mol. The van der Waals surface area contributed by atoms with Crippen LogP contribution in [-0.2, 0) is 4.74 Å². The third kappa shape index (κ3) is 1.93. The molecule has 0 aliphatic rings. The molecule has 2 N–H and O–H groups in total. The van der Waals surface area contributed by atoms with Crippen molar-refractivity contribution < 1.29 is 9.53 Å². The van der Waals surface area contributed by atoms with Gasteiger partial charge in [0, 0.05) is 22.8 Å². The summed E-state index contributed by atoms with van der Waals surface area (Å²) in [5.41, 5.74) is 4.41. The number of esters is 1. The highest BCUT2D eigenvalue weighted by Gasteiger charge is 2.19. The summed E-state index contributed by atoms with van der Waals surface area (Å²) in [6, 6.07) is 2.01. The molecule has 5 heteroatoms. The van der Waals surface area contributed by atoms with E-state index >= 15 is 0 Å². The lowest BCUT2D eigenvalue weighted by Crippen LogP contribution is -2.18. The molecule has 3 rings (SSSR count). The highest BCUT2D eigenvalue weighted by molar-refractivity contribution is 6.10. The number of carbonyl (C=O) groups excluding carboxylic acids is 1. The standard InChI is InChI=1S/C17H18N2O3/c1-5-22-17(21)11-7-18-15-8(2)6-12-13(14(15)16(11)20)9(3)10(4)19-12/h6-7,19H,5H2,1-4H3,(H,18,20). The summed E-state index contributed by atoms with van der Waals surface area (Å²) in [7, 11) is 0. The summed E-state index contributed by atoms with van der Waals surface area (Å²) >= 11 is 0. The predicted octanol–water partition coefficient (Wildman–Crippen LogP) is 3.11. The number of carbonyl (C=O) groups is 1. The van der Waals surface area contributed by atoms with E-state index < -0.39 is 5.97 Å². The van der Waals surface area contributed by atoms with Crippen LogP contribution in [0.2, 0.25) is 0 Å². The molecule has 0 bridgehead atoms. The minimum Gasteiger partial charge on any atom is -0.462 e. The van der Waals surface area contributed by atoms with Crippen LogP contribution in [0.5, 0.6) is 0 Å². The number of rotatable bonds is 2. The molecule has 5 nitrogen and oxygen atoms in total. The van der Waals surface area contributed by atoms with E-state index in [1.54, 1.807) is 6.92 Å². The van der Waals surface area contributed by atoms with E-state index in [2.05, 4.69) is 9.97 Å². The maximum atomic E-state index is 12.8. The van der Waals surface area contributed by atoms with Gasteiger partial charge < -0.3 is 14.7 Å². The van der Waals surface area contributed by atoms with Crippen molar-refractivity contribution in [2.45, 2.75) is 27.7 Å². The van der Waals surface area contributed by atoms with Gasteiger partial charge in [-0.2, -0.15) is 0 Å². The van der Waals surface area contributed by atoms with E-state index in [1.165, 1.54) is 6.20 Å². The summed E-state index contributed by atoms with van der Waals surface area (Å²) in [6.07, 6.45) is 1.44. The minimum absolute atomic E-state index is 0.0412. The molecular weight excluding hydrogens is 280 g/mol. The topological polar surface area (TPSA) is 75.0 Å². The second-order valence-electron chi connectivity index (χ2n) is 5.49. The Morgan fingerprint density at radius 2 is 1.95 bits per heavy atom. The van der Waals surface area contributed by atoms with Crippen LogP contribution in [0.15, 0.2) is 17.1 Å². The molecule has 2 heterocycles. The van der Waals surface area contributed by atoms with E-state index in [-0.39, 0.29) is 17.6 Å². The Kier molecular flexibility index (Phi) is 3.28. The van der Waals surface area contributed by atoms with Crippen molar-refractivity contribution >= 4 is 27.8 Å². The Hall–Kier alpha value is -2.56. The van der Waals surface area contributed by atoms with E-state index in [1.807, 2.05) is 26.8 Å². The minimum atomic E-state index is -0.592. The third-order valence-corrected chi connectivity index (χ3v) is 4.11. The quantitative estimate of drug-likeness (QED) is 0.714. The fourth-order valence-electron chi connectivity index (χ4n) is 2.91. The molecule has 1 aromatic carbocycles. The van der Waals surface area contributed by atoms with Crippen LogP contribution in [0, 0.1) is 20.8 Å². The Bertz CT molecular complexity index is 964. The number of ether oxygens (including phenoxy) is 1. The zero-order chi connectivity index (χ0) is 16.0. The number of H-pyrrole nitrogens is 2. The van der Waals surface area contributed by atoms with Gasteiger partial charge in [-0.3, -0.25) is 4.79 Å². The van der Waals surface area contributed by atoms with Crippen molar-refractivity contribution in [3.8, 4) is 0 Å². The fraction of sp³-hybridized carbons (Fsp3) is 0.294. The van der Waals surface area contributed by atoms with Crippen molar-refractivity contribution in [3.63, 3.8) is 0 Å². The molecule has 0 atom stereocenters. The van der Waals surface area contributed by atoms with Crippen LogP contribution in [-0.4, -0.2) is 22.5 Å². The summed E-state index contributed by atoms with van der Waals surface area (Å²) in [6.45, 7) is 7.84. The summed E-state index contributed by atoms with van der Waals surface area (Å²) in [5.74, 6) is -0.592. The van der Waals surface area contributed by atoms with Gasteiger partial charge in [0.15, 0.2) is 0 Å². The van der Waals surface area contributed by atoms with Gasteiger partial charge in [0.1, 0.15) is 5.56 Å². The molecule has 0 unspecified atom stereocenters. The maximum Gasteiger partial charge on any atom is 0.343 e. The van der Waals surface area contributed by atoms with Crippen LogP contribution in [0.1, 0.15) is 34.1 Å². The average Bonchev–Trinajstić information content (AvgIpc) is 2.74. The second kappa shape index (κ2) is 5.02. The monoisotopic (exact) mass is 298 g/mol. The number of fused-ring (bicyclic) bond motifs is 3. The van der Waals surface area contributed by atoms with Gasteiger partial charge in [-0.05, 0) is 44.9 Å². The molecule has 0 spiro atoms. The molecule has 114 valence electrons. The Balaban J connectivity index is 2.49. The van der Waals surface area contributed by atoms with Gasteiger partial charge >= 0.3 is 5.97 Å². The van der Waals surface area contributed by atoms with E-state index in [0.29, 0.717) is 5.39 Å². The molecule has 0 fully saturated rings. The SMILES string of the molecule is CCOC(=O)c1c[nH]c2c(C)cc3[nH]c(C)c(C)c3c2c1=O. The highest BCUT2D eigenvalue weighted by Crippen LogP contribution is 2.29. The Morgan fingerprint density at radius 1 is 1.23 bits per heavy atom. The van der Waals surface area contributed by atoms with E-state index in [4.69, 9.17) is 4.74 Å². The zero-order valence-corrected chi connectivity index (χ0v) is 13.1. The van der Waals surface area contributed by atoms with Gasteiger partial charge in [-0.25, -0.2) is 4.79 Å². The van der Waals surface area contributed by atoms with Crippen LogP contribution in [0.3, 0.4) is 0 Å². The van der Waals surface area contributed by atoms with Gasteiger partial charge in [-0.15, -0.1) is 0 Å². The third-order valence-electron chi connectivity index (χ3n) is 4.11. The first-order chi connectivity index (χ1) is 10.5. The van der Waals surface area contributed by atoms with Gasteiger partial charge in [-0.1, -0.05) is 0 Å². The first kappa shape index (κ1) is 14.4. The van der Waals surface area contributed by atoms with Gasteiger partial charge in [0.25, 0.3) is 0 Å². The normalized spacial score (nSPS) is 11.3. The number of aromatic nitrogens is 2. The van der Waals surface area contributed by atoms with E-state index in [9.17, 15) is 9.59 Å². The van der Waals surface area contributed by atoms with Crippen LogP contribution < -0.4 is 5.43 Å². The molecule has 22 heavy (non-hydrogen) atoms. The van der Waals surface area contributed by atoms with Gasteiger partial charge in [0.2, 0.25) is 5.43 Å². The van der Waals surface area contributed by atoms with Crippen molar-refractivity contribution in [1.29, 1.82) is 0 Å². The fourth-order valence-corrected chi connectivity index (χ4v) is 2.91. The van der Waals surface area contributed by atoms with Crippen LogP contribution in [0.25, 0.3) is 21.8 Å². The molecule has 0 aliphatic heterocycles. The van der Waals surface area contributed by atoms with Crippen molar-refractivity contribution in [3.05, 3.63) is 44.9 Å². The highest BCUT2D eigenvalue weighted by atomic mass is 16.5. The number of aromatic amines is 2. The Labute approximate surface area is 127 Å². The molecular formula is C17H18N2O3. The van der Waals surface area contributed by atoms with Crippen LogP contribution >= 0.6 is 0 Å². The lowest BCUT2D eigenvalue weighted by Gasteiger charge is -2.07. The number of nitrogens with one attached hydrogen (secondary N) is 2. The lowest BCUT2D eigenvalue weighted by atomic mass is 10.0. The lowest BCUT2D eigenvalue weighted by molar-refractivity contribution is 0.0524. The number of pyridine rings is 1.